The van der Waals surface area contributed by atoms with Gasteiger partial charge in [0.2, 0.25) is 5.95 Å². The van der Waals surface area contributed by atoms with Gasteiger partial charge in [0.25, 0.3) is 0 Å². The van der Waals surface area contributed by atoms with Gasteiger partial charge in [-0.15, -0.1) is 13.2 Å². The highest BCUT2D eigenvalue weighted by atomic mass is 19.4. The zero-order chi connectivity index (χ0) is 23.3. The third kappa shape index (κ3) is 6.50. The minimum absolute atomic E-state index is 0.142. The first-order chi connectivity index (χ1) is 15.9. The molecule has 6 nitrogen and oxygen atoms in total. The van der Waals surface area contributed by atoms with Crippen LogP contribution in [0.3, 0.4) is 0 Å². The normalized spacial score (nSPS) is 20.7. The van der Waals surface area contributed by atoms with Crippen molar-refractivity contribution in [3.05, 3.63) is 41.1 Å². The van der Waals surface area contributed by atoms with Gasteiger partial charge < -0.3 is 20.7 Å². The lowest BCUT2D eigenvalue weighted by molar-refractivity contribution is -0.274. The number of hydrogen-bond donors (Lipinski definition) is 3. The van der Waals surface area contributed by atoms with Crippen molar-refractivity contribution >= 4 is 11.8 Å². The molecule has 1 heterocycles. The SMILES string of the molecule is CNc1nc(NC2CCC(CNCc3ccccc3OC(F)(F)F)CC2)nc2c1CCCC2. The van der Waals surface area contributed by atoms with Crippen LogP contribution in [0.25, 0.3) is 0 Å². The van der Waals surface area contributed by atoms with Crippen LogP contribution in [0.2, 0.25) is 0 Å². The molecule has 2 aliphatic rings. The predicted octanol–water partition coefficient (Wildman–Crippen LogP) is 5.06. The first-order valence-electron chi connectivity index (χ1n) is 11.8. The Morgan fingerprint density at radius 2 is 1.79 bits per heavy atom. The van der Waals surface area contributed by atoms with Crippen molar-refractivity contribution in [1.82, 2.24) is 15.3 Å². The number of aromatic nitrogens is 2. The Kier molecular flexibility index (Phi) is 7.57. The van der Waals surface area contributed by atoms with E-state index in [2.05, 4.69) is 20.7 Å². The monoisotopic (exact) mass is 463 g/mol. The predicted molar refractivity (Wildman–Crippen MR) is 122 cm³/mol. The van der Waals surface area contributed by atoms with E-state index in [1.54, 1.807) is 18.2 Å². The fourth-order valence-corrected chi connectivity index (χ4v) is 4.84. The topological polar surface area (TPSA) is 71.1 Å². The Morgan fingerprint density at radius 1 is 1.03 bits per heavy atom. The van der Waals surface area contributed by atoms with Gasteiger partial charge in [-0.1, -0.05) is 18.2 Å². The summed E-state index contributed by atoms with van der Waals surface area (Å²) < 4.78 is 41.9. The molecule has 1 aromatic carbocycles. The third-order valence-corrected chi connectivity index (χ3v) is 6.55. The van der Waals surface area contributed by atoms with Crippen LogP contribution < -0.4 is 20.7 Å². The number of para-hydroxylation sites is 1. The van der Waals surface area contributed by atoms with Crippen LogP contribution in [0, 0.1) is 5.92 Å². The smallest absolute Gasteiger partial charge is 0.405 e. The zero-order valence-electron chi connectivity index (χ0n) is 19.0. The summed E-state index contributed by atoms with van der Waals surface area (Å²) in [5.74, 6) is 2.00. The second-order valence-electron chi connectivity index (χ2n) is 8.93. The van der Waals surface area contributed by atoms with Crippen molar-refractivity contribution in [2.45, 2.75) is 70.3 Å². The first kappa shape index (κ1) is 23.6. The van der Waals surface area contributed by atoms with E-state index >= 15 is 0 Å². The second kappa shape index (κ2) is 10.6. The van der Waals surface area contributed by atoms with Crippen LogP contribution in [0.4, 0.5) is 24.9 Å². The van der Waals surface area contributed by atoms with Gasteiger partial charge in [-0.2, -0.15) is 4.98 Å². The molecule has 2 aromatic rings. The van der Waals surface area contributed by atoms with E-state index in [0.29, 0.717) is 30.0 Å². The number of alkyl halides is 3. The molecule has 4 rings (SSSR count). The van der Waals surface area contributed by atoms with E-state index in [9.17, 15) is 13.2 Å². The Balaban J connectivity index is 1.24. The Labute approximate surface area is 192 Å². The number of rotatable bonds is 8. The van der Waals surface area contributed by atoms with Crippen LogP contribution >= 0.6 is 0 Å². The van der Waals surface area contributed by atoms with E-state index < -0.39 is 6.36 Å². The van der Waals surface area contributed by atoms with Crippen molar-refractivity contribution in [3.63, 3.8) is 0 Å². The second-order valence-corrected chi connectivity index (χ2v) is 8.93. The van der Waals surface area contributed by atoms with E-state index in [1.807, 2.05) is 7.05 Å². The quantitative estimate of drug-likeness (QED) is 0.509. The molecular formula is C24H32F3N5O. The molecule has 33 heavy (non-hydrogen) atoms. The fraction of sp³-hybridized carbons (Fsp3) is 0.583. The van der Waals surface area contributed by atoms with Crippen LogP contribution in [-0.4, -0.2) is 36.0 Å². The van der Waals surface area contributed by atoms with Gasteiger partial charge in [-0.05, 0) is 69.9 Å². The molecule has 0 spiro atoms. The summed E-state index contributed by atoms with van der Waals surface area (Å²) in [6.45, 7) is 1.12. The Bertz CT molecular complexity index is 912. The summed E-state index contributed by atoms with van der Waals surface area (Å²) in [6.07, 6.45) is 3.88. The van der Waals surface area contributed by atoms with E-state index in [1.165, 1.54) is 24.5 Å². The Hall–Kier alpha value is -2.55. The molecule has 180 valence electrons. The highest BCUT2D eigenvalue weighted by Crippen LogP contribution is 2.30. The molecule has 2 aliphatic carbocycles. The number of anilines is 2. The molecule has 0 amide bonds. The molecule has 1 fully saturated rings. The maximum absolute atomic E-state index is 12.6. The van der Waals surface area contributed by atoms with Crippen molar-refractivity contribution in [2.24, 2.45) is 5.92 Å². The Morgan fingerprint density at radius 3 is 2.55 bits per heavy atom. The molecule has 0 unspecified atom stereocenters. The summed E-state index contributed by atoms with van der Waals surface area (Å²) in [4.78, 5) is 9.48. The van der Waals surface area contributed by atoms with E-state index in [0.717, 1.165) is 56.6 Å². The standard InChI is InChI=1S/C24H32F3N5O/c1-28-22-19-7-3-4-8-20(19)31-23(32-22)30-18-12-10-16(11-13-18)14-29-15-17-6-2-5-9-21(17)33-24(25,26)27/h2,5-6,9,16,18,29H,3-4,7-8,10-15H2,1H3,(H2,28,30,31,32). The number of fused-ring (bicyclic) bond motifs is 1. The molecule has 0 atom stereocenters. The van der Waals surface area contributed by atoms with Crippen LogP contribution in [-0.2, 0) is 19.4 Å². The molecule has 9 heteroatoms. The summed E-state index contributed by atoms with van der Waals surface area (Å²) in [7, 11) is 1.91. The molecule has 0 saturated heterocycles. The maximum Gasteiger partial charge on any atom is 0.573 e. The van der Waals surface area contributed by atoms with Gasteiger partial charge in [-0.25, -0.2) is 4.98 Å². The number of benzene rings is 1. The molecule has 0 radical (unpaired) electrons. The van der Waals surface area contributed by atoms with E-state index in [-0.39, 0.29) is 5.75 Å². The lowest BCUT2D eigenvalue weighted by atomic mass is 9.86. The van der Waals surface area contributed by atoms with Crippen molar-refractivity contribution in [1.29, 1.82) is 0 Å². The maximum atomic E-state index is 12.6. The van der Waals surface area contributed by atoms with Crippen LogP contribution in [0.15, 0.2) is 24.3 Å². The molecule has 0 bridgehead atoms. The number of ether oxygens (including phenoxy) is 1. The average Bonchev–Trinajstić information content (AvgIpc) is 2.80. The largest absolute Gasteiger partial charge is 0.573 e. The highest BCUT2D eigenvalue weighted by Gasteiger charge is 2.32. The van der Waals surface area contributed by atoms with Gasteiger partial charge in [0, 0.05) is 30.8 Å². The van der Waals surface area contributed by atoms with Crippen molar-refractivity contribution in [3.8, 4) is 5.75 Å². The van der Waals surface area contributed by atoms with Gasteiger partial charge in [-0.3, -0.25) is 0 Å². The highest BCUT2D eigenvalue weighted by molar-refractivity contribution is 5.51. The number of halogens is 3. The summed E-state index contributed by atoms with van der Waals surface area (Å²) in [5.41, 5.74) is 2.93. The molecular weight excluding hydrogens is 431 g/mol. The van der Waals surface area contributed by atoms with Gasteiger partial charge >= 0.3 is 6.36 Å². The number of nitrogens with zero attached hydrogens (tertiary/aromatic N) is 2. The number of hydrogen-bond acceptors (Lipinski definition) is 6. The average molecular weight is 464 g/mol. The lowest BCUT2D eigenvalue weighted by Crippen LogP contribution is -2.32. The van der Waals surface area contributed by atoms with Crippen molar-refractivity contribution in [2.75, 3.05) is 24.2 Å². The van der Waals surface area contributed by atoms with Gasteiger partial charge in [0.1, 0.15) is 11.6 Å². The fourth-order valence-electron chi connectivity index (χ4n) is 4.84. The third-order valence-electron chi connectivity index (χ3n) is 6.55. The number of nitrogens with one attached hydrogen (secondary N) is 3. The number of aryl methyl sites for hydroxylation is 1. The van der Waals surface area contributed by atoms with Crippen molar-refractivity contribution < 1.29 is 17.9 Å². The molecule has 1 aromatic heterocycles. The first-order valence-corrected chi connectivity index (χ1v) is 11.8. The molecule has 1 saturated carbocycles. The lowest BCUT2D eigenvalue weighted by Gasteiger charge is -2.30. The zero-order valence-corrected chi connectivity index (χ0v) is 19.0. The van der Waals surface area contributed by atoms with Crippen LogP contribution in [0.5, 0.6) is 5.75 Å². The summed E-state index contributed by atoms with van der Waals surface area (Å²) in [6, 6.07) is 6.62. The minimum atomic E-state index is -4.68. The minimum Gasteiger partial charge on any atom is -0.405 e. The molecule has 0 aliphatic heterocycles. The summed E-state index contributed by atoms with van der Waals surface area (Å²) >= 11 is 0. The molecule has 3 N–H and O–H groups in total. The van der Waals surface area contributed by atoms with Crippen LogP contribution in [0.1, 0.15) is 55.3 Å². The van der Waals surface area contributed by atoms with Gasteiger partial charge in [0.05, 0.1) is 5.69 Å². The summed E-state index contributed by atoms with van der Waals surface area (Å²) in [5, 5.41) is 10.1. The van der Waals surface area contributed by atoms with Gasteiger partial charge in [0.15, 0.2) is 0 Å². The van der Waals surface area contributed by atoms with E-state index in [4.69, 9.17) is 9.97 Å².